The highest BCUT2D eigenvalue weighted by Crippen LogP contribution is 2.32. The highest BCUT2D eigenvalue weighted by molar-refractivity contribution is 5.77. The third-order valence-corrected chi connectivity index (χ3v) is 4.98. The number of carbonyl (C=O) groups is 2. The zero-order valence-corrected chi connectivity index (χ0v) is 15.6. The zero-order valence-electron chi connectivity index (χ0n) is 15.6. The standard InChI is InChI=1S/C19H34N2O3/c1-4-24-12-9-18(22)21(14-16-5-6-16)17-7-10-20(11-8-17)19(23)13-15(2)3/h15-17H,4-14H2,1-3H3. The predicted octanol–water partition coefficient (Wildman–Crippen LogP) is 2.69. The molecule has 2 fully saturated rings. The van der Waals surface area contributed by atoms with E-state index in [1.807, 2.05) is 11.8 Å². The lowest BCUT2D eigenvalue weighted by Gasteiger charge is -2.39. The Morgan fingerprint density at radius 3 is 2.38 bits per heavy atom. The topological polar surface area (TPSA) is 49.9 Å². The lowest BCUT2D eigenvalue weighted by molar-refractivity contribution is -0.138. The summed E-state index contributed by atoms with van der Waals surface area (Å²) in [4.78, 5) is 28.9. The van der Waals surface area contributed by atoms with Gasteiger partial charge in [0.05, 0.1) is 13.0 Å². The van der Waals surface area contributed by atoms with Crippen LogP contribution in [0.25, 0.3) is 0 Å². The first-order valence-electron chi connectivity index (χ1n) is 9.66. The summed E-state index contributed by atoms with van der Waals surface area (Å²) >= 11 is 0. The van der Waals surface area contributed by atoms with Gasteiger partial charge in [-0.1, -0.05) is 13.8 Å². The van der Waals surface area contributed by atoms with Crippen LogP contribution in [0.3, 0.4) is 0 Å². The minimum atomic E-state index is 0.224. The lowest BCUT2D eigenvalue weighted by Crippen LogP contribution is -2.49. The number of hydrogen-bond donors (Lipinski definition) is 0. The molecule has 0 unspecified atom stereocenters. The number of ether oxygens (including phenoxy) is 1. The molecule has 1 aliphatic carbocycles. The molecule has 0 aromatic carbocycles. The second-order valence-electron chi connectivity index (χ2n) is 7.65. The number of nitrogens with zero attached hydrogens (tertiary/aromatic N) is 2. The Morgan fingerprint density at radius 1 is 1.17 bits per heavy atom. The Bertz CT molecular complexity index is 413. The minimum Gasteiger partial charge on any atom is -0.381 e. The third-order valence-electron chi connectivity index (χ3n) is 4.98. The van der Waals surface area contributed by atoms with Crippen LogP contribution in [0.15, 0.2) is 0 Å². The van der Waals surface area contributed by atoms with Gasteiger partial charge in [-0.25, -0.2) is 0 Å². The van der Waals surface area contributed by atoms with E-state index in [1.54, 1.807) is 0 Å². The molecule has 2 aliphatic rings. The monoisotopic (exact) mass is 338 g/mol. The van der Waals surface area contributed by atoms with Crippen molar-refractivity contribution in [3.63, 3.8) is 0 Å². The molecule has 138 valence electrons. The molecule has 0 spiro atoms. The highest BCUT2D eigenvalue weighted by Gasteiger charge is 2.33. The van der Waals surface area contributed by atoms with E-state index in [-0.39, 0.29) is 11.8 Å². The molecule has 2 amide bonds. The predicted molar refractivity (Wildman–Crippen MR) is 94.6 cm³/mol. The van der Waals surface area contributed by atoms with Crippen molar-refractivity contribution in [3.05, 3.63) is 0 Å². The first kappa shape index (κ1) is 19.2. The third kappa shape index (κ3) is 6.08. The van der Waals surface area contributed by atoms with Crippen molar-refractivity contribution in [1.82, 2.24) is 9.80 Å². The lowest BCUT2D eigenvalue weighted by atomic mass is 10.0. The number of rotatable bonds is 9. The summed E-state index contributed by atoms with van der Waals surface area (Å²) in [6.45, 7) is 9.77. The maximum Gasteiger partial charge on any atom is 0.225 e. The normalized spacial score (nSPS) is 18.9. The molecule has 0 N–H and O–H groups in total. The first-order chi connectivity index (χ1) is 11.5. The van der Waals surface area contributed by atoms with Gasteiger partial charge in [-0.2, -0.15) is 0 Å². The second kappa shape index (κ2) is 9.40. The van der Waals surface area contributed by atoms with Crippen LogP contribution in [0.2, 0.25) is 0 Å². The van der Waals surface area contributed by atoms with Gasteiger partial charge in [-0.3, -0.25) is 9.59 Å². The summed E-state index contributed by atoms with van der Waals surface area (Å²) in [5.74, 6) is 1.59. The van der Waals surface area contributed by atoms with Gasteiger partial charge >= 0.3 is 0 Å². The quantitative estimate of drug-likeness (QED) is 0.607. The van der Waals surface area contributed by atoms with Gasteiger partial charge in [-0.15, -0.1) is 0 Å². The van der Waals surface area contributed by atoms with Crippen molar-refractivity contribution in [2.75, 3.05) is 32.8 Å². The Hall–Kier alpha value is -1.10. The summed E-state index contributed by atoms with van der Waals surface area (Å²) in [7, 11) is 0. The van der Waals surface area contributed by atoms with Crippen molar-refractivity contribution in [2.24, 2.45) is 11.8 Å². The number of likely N-dealkylation sites (tertiary alicyclic amines) is 1. The molecule has 5 nitrogen and oxygen atoms in total. The number of piperidine rings is 1. The largest absolute Gasteiger partial charge is 0.381 e. The summed E-state index contributed by atoms with van der Waals surface area (Å²) in [6, 6.07) is 0.294. The molecule has 1 saturated carbocycles. The van der Waals surface area contributed by atoms with Crippen LogP contribution >= 0.6 is 0 Å². The van der Waals surface area contributed by atoms with Gasteiger partial charge in [-0.05, 0) is 44.4 Å². The van der Waals surface area contributed by atoms with Crippen LogP contribution < -0.4 is 0 Å². The summed E-state index contributed by atoms with van der Waals surface area (Å²) in [5, 5.41) is 0. The molecule has 1 heterocycles. The van der Waals surface area contributed by atoms with E-state index in [0.717, 1.165) is 32.5 Å². The SMILES string of the molecule is CCOCCC(=O)N(CC1CC1)C1CCN(C(=O)CC(C)C)CC1. The van der Waals surface area contributed by atoms with E-state index in [4.69, 9.17) is 4.74 Å². The molecule has 24 heavy (non-hydrogen) atoms. The molecule has 0 radical (unpaired) electrons. The Kier molecular flexibility index (Phi) is 7.53. The molecule has 5 heteroatoms. The molecule has 1 aliphatic heterocycles. The van der Waals surface area contributed by atoms with Gasteiger partial charge in [0.15, 0.2) is 0 Å². The molecule has 0 aromatic rings. The van der Waals surface area contributed by atoms with Gasteiger partial charge in [0.1, 0.15) is 0 Å². The van der Waals surface area contributed by atoms with Crippen molar-refractivity contribution in [1.29, 1.82) is 0 Å². The fourth-order valence-electron chi connectivity index (χ4n) is 3.39. The highest BCUT2D eigenvalue weighted by atomic mass is 16.5. The Labute approximate surface area is 146 Å². The molecular formula is C19H34N2O3. The van der Waals surface area contributed by atoms with Gasteiger partial charge in [0.25, 0.3) is 0 Å². The molecule has 0 aromatic heterocycles. The zero-order chi connectivity index (χ0) is 17.5. The van der Waals surface area contributed by atoms with Crippen molar-refractivity contribution < 1.29 is 14.3 Å². The molecule has 0 bridgehead atoms. The van der Waals surface area contributed by atoms with Gasteiger partial charge in [0, 0.05) is 38.7 Å². The van der Waals surface area contributed by atoms with Crippen LogP contribution in [-0.4, -0.2) is 60.5 Å². The van der Waals surface area contributed by atoms with Crippen LogP contribution in [0.1, 0.15) is 59.3 Å². The van der Waals surface area contributed by atoms with Gasteiger partial charge < -0.3 is 14.5 Å². The Morgan fingerprint density at radius 2 is 1.83 bits per heavy atom. The average molecular weight is 338 g/mol. The number of carbonyl (C=O) groups excluding carboxylic acids is 2. The van der Waals surface area contributed by atoms with Crippen molar-refractivity contribution >= 4 is 11.8 Å². The van der Waals surface area contributed by atoms with E-state index in [0.29, 0.717) is 43.9 Å². The van der Waals surface area contributed by atoms with Crippen molar-refractivity contribution in [2.45, 2.75) is 65.3 Å². The summed E-state index contributed by atoms with van der Waals surface area (Å²) in [5.41, 5.74) is 0. The van der Waals surface area contributed by atoms with Crippen LogP contribution in [0.4, 0.5) is 0 Å². The van der Waals surface area contributed by atoms with Crippen LogP contribution in [-0.2, 0) is 14.3 Å². The van der Waals surface area contributed by atoms with Gasteiger partial charge in [0.2, 0.25) is 11.8 Å². The smallest absolute Gasteiger partial charge is 0.225 e. The first-order valence-corrected chi connectivity index (χ1v) is 9.66. The van der Waals surface area contributed by atoms with E-state index in [2.05, 4.69) is 18.7 Å². The maximum absolute atomic E-state index is 12.6. The minimum absolute atomic E-state index is 0.224. The average Bonchev–Trinajstić information content (AvgIpc) is 3.36. The van der Waals surface area contributed by atoms with E-state index in [9.17, 15) is 9.59 Å². The maximum atomic E-state index is 12.6. The summed E-state index contributed by atoms with van der Waals surface area (Å²) in [6.07, 6.45) is 5.44. The van der Waals surface area contributed by atoms with Crippen LogP contribution in [0, 0.1) is 11.8 Å². The second-order valence-corrected chi connectivity index (χ2v) is 7.65. The summed E-state index contributed by atoms with van der Waals surface area (Å²) < 4.78 is 5.35. The fraction of sp³-hybridized carbons (Fsp3) is 0.895. The molecule has 0 atom stereocenters. The number of hydrogen-bond acceptors (Lipinski definition) is 3. The van der Waals surface area contributed by atoms with Crippen LogP contribution in [0.5, 0.6) is 0 Å². The number of amides is 2. The molecule has 2 rings (SSSR count). The van der Waals surface area contributed by atoms with E-state index in [1.165, 1.54) is 12.8 Å². The fourth-order valence-corrected chi connectivity index (χ4v) is 3.39. The van der Waals surface area contributed by atoms with E-state index >= 15 is 0 Å². The van der Waals surface area contributed by atoms with E-state index < -0.39 is 0 Å². The van der Waals surface area contributed by atoms with Crippen molar-refractivity contribution in [3.8, 4) is 0 Å². The Balaban J connectivity index is 1.84. The molecule has 1 saturated heterocycles. The molecular weight excluding hydrogens is 304 g/mol.